The van der Waals surface area contributed by atoms with Gasteiger partial charge in [-0.3, -0.25) is 4.98 Å². The van der Waals surface area contributed by atoms with Crippen LogP contribution in [0.2, 0.25) is 0 Å². The predicted molar refractivity (Wildman–Crippen MR) is 70.4 cm³/mol. The van der Waals surface area contributed by atoms with E-state index < -0.39 is 11.9 Å². The summed E-state index contributed by atoms with van der Waals surface area (Å²) >= 11 is 0. The Bertz CT molecular complexity index is 623. The van der Waals surface area contributed by atoms with E-state index in [4.69, 9.17) is 0 Å². The molecule has 1 aromatic heterocycles. The average Bonchev–Trinajstić information content (AvgIpc) is 2.82. The highest BCUT2D eigenvalue weighted by molar-refractivity contribution is 5.58. The van der Waals surface area contributed by atoms with Gasteiger partial charge in [-0.1, -0.05) is 24.3 Å². The van der Waals surface area contributed by atoms with Crippen LogP contribution in [0.4, 0.5) is 18.9 Å². The van der Waals surface area contributed by atoms with Crippen LogP contribution >= 0.6 is 0 Å². The molecule has 1 aliphatic rings. The third-order valence-corrected chi connectivity index (χ3v) is 3.50. The number of para-hydroxylation sites is 1. The van der Waals surface area contributed by atoms with Crippen molar-refractivity contribution in [1.29, 1.82) is 0 Å². The first kappa shape index (κ1) is 13.0. The molecule has 0 bridgehead atoms. The maximum absolute atomic E-state index is 12.9. The average molecular weight is 278 g/mol. The molecule has 0 amide bonds. The van der Waals surface area contributed by atoms with Crippen molar-refractivity contribution in [3.8, 4) is 0 Å². The quantitative estimate of drug-likeness (QED) is 0.833. The van der Waals surface area contributed by atoms with Gasteiger partial charge in [0.2, 0.25) is 0 Å². The van der Waals surface area contributed by atoms with Crippen molar-refractivity contribution in [3.63, 3.8) is 0 Å². The molecular weight excluding hydrogens is 265 g/mol. The maximum atomic E-state index is 12.9. The smallest absolute Gasteiger partial charge is 0.367 e. The van der Waals surface area contributed by atoms with Gasteiger partial charge in [-0.25, -0.2) is 0 Å². The molecule has 2 heterocycles. The SMILES string of the molecule is FC(F)(F)c1ncccc1CN1CCc2ccccc21. The van der Waals surface area contributed by atoms with E-state index in [2.05, 4.69) is 4.98 Å². The molecular formula is C15H13F3N2. The molecule has 0 radical (unpaired) electrons. The first-order chi connectivity index (χ1) is 9.55. The third-order valence-electron chi connectivity index (χ3n) is 3.50. The highest BCUT2D eigenvalue weighted by Gasteiger charge is 2.35. The number of hydrogen-bond donors (Lipinski definition) is 0. The molecule has 3 rings (SSSR count). The summed E-state index contributed by atoms with van der Waals surface area (Å²) in [6, 6.07) is 10.9. The van der Waals surface area contributed by atoms with Crippen LogP contribution in [0, 0.1) is 0 Å². The number of pyridine rings is 1. The number of halogens is 3. The highest BCUT2D eigenvalue weighted by Crippen LogP contribution is 2.33. The van der Waals surface area contributed by atoms with Crippen molar-refractivity contribution in [2.24, 2.45) is 0 Å². The summed E-state index contributed by atoms with van der Waals surface area (Å²) in [6.45, 7) is 0.977. The second kappa shape index (κ2) is 4.81. The Morgan fingerprint density at radius 2 is 1.90 bits per heavy atom. The predicted octanol–water partition coefficient (Wildman–Crippen LogP) is 3.66. The van der Waals surface area contributed by atoms with E-state index in [9.17, 15) is 13.2 Å². The lowest BCUT2D eigenvalue weighted by molar-refractivity contribution is -0.141. The number of nitrogens with zero attached hydrogens (tertiary/aromatic N) is 2. The minimum absolute atomic E-state index is 0.219. The molecule has 2 nitrogen and oxygen atoms in total. The van der Waals surface area contributed by atoms with Crippen LogP contribution in [0.3, 0.4) is 0 Å². The number of aromatic nitrogens is 1. The number of hydrogen-bond acceptors (Lipinski definition) is 2. The van der Waals surface area contributed by atoms with Gasteiger partial charge < -0.3 is 4.90 Å². The van der Waals surface area contributed by atoms with Crippen molar-refractivity contribution in [3.05, 3.63) is 59.4 Å². The minimum Gasteiger partial charge on any atom is -0.367 e. The fraction of sp³-hybridized carbons (Fsp3) is 0.267. The van der Waals surface area contributed by atoms with Crippen LogP contribution in [-0.4, -0.2) is 11.5 Å². The van der Waals surface area contributed by atoms with Crippen molar-refractivity contribution in [2.75, 3.05) is 11.4 Å². The number of alkyl halides is 3. The first-order valence-electron chi connectivity index (χ1n) is 6.39. The Morgan fingerprint density at radius 1 is 1.10 bits per heavy atom. The molecule has 0 fully saturated rings. The van der Waals surface area contributed by atoms with E-state index >= 15 is 0 Å². The van der Waals surface area contributed by atoms with Crippen molar-refractivity contribution in [2.45, 2.75) is 19.1 Å². The Kier molecular flexibility index (Phi) is 3.12. The molecule has 0 N–H and O–H groups in total. The summed E-state index contributed by atoms with van der Waals surface area (Å²) in [5.41, 5.74) is 1.63. The van der Waals surface area contributed by atoms with Crippen molar-refractivity contribution >= 4 is 5.69 Å². The normalized spacial score (nSPS) is 14.4. The summed E-state index contributed by atoms with van der Waals surface area (Å²) in [4.78, 5) is 5.47. The topological polar surface area (TPSA) is 16.1 Å². The van der Waals surface area contributed by atoms with Gasteiger partial charge in [-0.15, -0.1) is 0 Å². The van der Waals surface area contributed by atoms with E-state index in [0.29, 0.717) is 0 Å². The molecule has 1 aromatic carbocycles. The van der Waals surface area contributed by atoms with E-state index in [1.807, 2.05) is 29.2 Å². The van der Waals surface area contributed by atoms with E-state index in [-0.39, 0.29) is 12.1 Å². The lowest BCUT2D eigenvalue weighted by atomic mass is 10.1. The monoisotopic (exact) mass is 278 g/mol. The largest absolute Gasteiger partial charge is 0.433 e. The number of anilines is 1. The molecule has 0 aliphatic carbocycles. The van der Waals surface area contributed by atoms with Gasteiger partial charge in [0.1, 0.15) is 5.69 Å². The molecule has 2 aromatic rings. The van der Waals surface area contributed by atoms with Crippen LogP contribution < -0.4 is 4.90 Å². The van der Waals surface area contributed by atoms with Crippen LogP contribution in [-0.2, 0) is 19.1 Å². The Balaban J connectivity index is 1.90. The van der Waals surface area contributed by atoms with Crippen LogP contribution in [0.5, 0.6) is 0 Å². The lowest BCUT2D eigenvalue weighted by Gasteiger charge is -2.21. The molecule has 5 heteroatoms. The van der Waals surface area contributed by atoms with E-state index in [1.54, 1.807) is 6.07 Å². The zero-order valence-electron chi connectivity index (χ0n) is 10.7. The zero-order valence-corrected chi connectivity index (χ0v) is 10.7. The number of fused-ring (bicyclic) bond motifs is 1. The van der Waals surface area contributed by atoms with Crippen LogP contribution in [0.25, 0.3) is 0 Å². The lowest BCUT2D eigenvalue weighted by Crippen LogP contribution is -2.23. The molecule has 1 aliphatic heterocycles. The fourth-order valence-corrected chi connectivity index (χ4v) is 2.60. The molecule has 0 unspecified atom stereocenters. The summed E-state index contributed by atoms with van der Waals surface area (Å²) in [7, 11) is 0. The van der Waals surface area contributed by atoms with Crippen LogP contribution in [0.15, 0.2) is 42.6 Å². The number of benzene rings is 1. The summed E-state index contributed by atoms with van der Waals surface area (Å²) in [6.07, 6.45) is -2.35. The Hall–Kier alpha value is -2.04. The van der Waals surface area contributed by atoms with Crippen molar-refractivity contribution < 1.29 is 13.2 Å². The molecule has 20 heavy (non-hydrogen) atoms. The maximum Gasteiger partial charge on any atom is 0.433 e. The van der Waals surface area contributed by atoms with Gasteiger partial charge in [0.15, 0.2) is 0 Å². The van der Waals surface area contributed by atoms with Gasteiger partial charge in [-0.2, -0.15) is 13.2 Å². The van der Waals surface area contributed by atoms with Gasteiger partial charge in [0, 0.05) is 30.5 Å². The molecule has 0 atom stereocenters. The first-order valence-corrected chi connectivity index (χ1v) is 6.39. The molecule has 0 spiro atoms. The number of rotatable bonds is 2. The van der Waals surface area contributed by atoms with Gasteiger partial charge >= 0.3 is 6.18 Å². The standard InChI is InChI=1S/C15H13F3N2/c16-15(17,18)14-12(5-3-8-19-14)10-20-9-7-11-4-1-2-6-13(11)20/h1-6,8H,7,9-10H2. The summed E-state index contributed by atoms with van der Waals surface area (Å²) in [5.74, 6) is 0. The third kappa shape index (κ3) is 2.35. The van der Waals surface area contributed by atoms with Crippen LogP contribution in [0.1, 0.15) is 16.8 Å². The Morgan fingerprint density at radius 3 is 2.70 bits per heavy atom. The molecule has 0 saturated heterocycles. The zero-order chi connectivity index (χ0) is 14.2. The van der Waals surface area contributed by atoms with Gasteiger partial charge in [0.25, 0.3) is 0 Å². The van der Waals surface area contributed by atoms with Gasteiger partial charge in [0.05, 0.1) is 0 Å². The Labute approximate surface area is 114 Å². The molecule has 104 valence electrons. The molecule has 0 saturated carbocycles. The summed E-state index contributed by atoms with van der Waals surface area (Å²) < 4.78 is 38.8. The van der Waals surface area contributed by atoms with E-state index in [0.717, 1.165) is 18.7 Å². The highest BCUT2D eigenvalue weighted by atomic mass is 19.4. The second-order valence-electron chi connectivity index (χ2n) is 4.81. The second-order valence-corrected chi connectivity index (χ2v) is 4.81. The van der Waals surface area contributed by atoms with E-state index in [1.165, 1.54) is 17.8 Å². The van der Waals surface area contributed by atoms with Crippen molar-refractivity contribution in [1.82, 2.24) is 4.98 Å². The fourth-order valence-electron chi connectivity index (χ4n) is 2.60. The van der Waals surface area contributed by atoms with Gasteiger partial charge in [-0.05, 0) is 24.1 Å². The summed E-state index contributed by atoms with van der Waals surface area (Å²) in [5, 5.41) is 0. The minimum atomic E-state index is -4.41.